The summed E-state index contributed by atoms with van der Waals surface area (Å²) in [4.78, 5) is 24.8. The van der Waals surface area contributed by atoms with Gasteiger partial charge in [0.1, 0.15) is 0 Å². The highest BCUT2D eigenvalue weighted by atomic mass is 35.5. The summed E-state index contributed by atoms with van der Waals surface area (Å²) in [7, 11) is 0. The van der Waals surface area contributed by atoms with Crippen molar-refractivity contribution in [1.29, 1.82) is 0 Å². The third-order valence-corrected chi connectivity index (χ3v) is 4.36. The molecule has 5 nitrogen and oxygen atoms in total. The molecular formula is C19H18ClN3O2. The van der Waals surface area contributed by atoms with E-state index in [9.17, 15) is 9.59 Å². The number of nitrogens with one attached hydrogen (secondary N) is 3. The topological polar surface area (TPSA) is 70.2 Å². The van der Waals surface area contributed by atoms with Gasteiger partial charge in [-0.15, -0.1) is 0 Å². The molecule has 0 aliphatic carbocycles. The number of benzene rings is 2. The fourth-order valence-electron chi connectivity index (χ4n) is 2.80. The lowest BCUT2D eigenvalue weighted by Gasteiger charge is -2.28. The first-order valence-electron chi connectivity index (χ1n) is 7.86. The minimum atomic E-state index is -0.546. The summed E-state index contributed by atoms with van der Waals surface area (Å²) in [6, 6.07) is 13.7. The van der Waals surface area contributed by atoms with Crippen molar-refractivity contribution in [3.05, 3.63) is 76.0 Å². The Balaban J connectivity index is 1.96. The molecular weight excluding hydrogens is 338 g/mol. The van der Waals surface area contributed by atoms with E-state index in [-0.39, 0.29) is 11.9 Å². The predicted molar refractivity (Wildman–Crippen MR) is 98.4 cm³/mol. The van der Waals surface area contributed by atoms with E-state index in [4.69, 9.17) is 11.6 Å². The van der Waals surface area contributed by atoms with Crippen molar-refractivity contribution in [2.45, 2.75) is 19.9 Å². The van der Waals surface area contributed by atoms with Crippen LogP contribution in [0.1, 0.15) is 24.1 Å². The van der Waals surface area contributed by atoms with E-state index in [0.717, 1.165) is 16.8 Å². The molecule has 3 rings (SSSR count). The zero-order valence-electron chi connectivity index (χ0n) is 13.9. The number of carbonyl (C=O) groups excluding carboxylic acids is 2. The number of hydrogen-bond acceptors (Lipinski definition) is 2. The molecule has 3 amide bonds. The number of allylic oxidation sites excluding steroid dienone is 1. The fourth-order valence-corrected chi connectivity index (χ4v) is 2.93. The third-order valence-electron chi connectivity index (χ3n) is 4.11. The highest BCUT2D eigenvalue weighted by Gasteiger charge is 2.31. The van der Waals surface area contributed by atoms with E-state index in [2.05, 4.69) is 16.0 Å². The molecule has 0 radical (unpaired) electrons. The van der Waals surface area contributed by atoms with Gasteiger partial charge in [0.15, 0.2) is 0 Å². The van der Waals surface area contributed by atoms with Crippen molar-refractivity contribution in [3.8, 4) is 0 Å². The second-order valence-electron chi connectivity index (χ2n) is 5.89. The van der Waals surface area contributed by atoms with Crippen molar-refractivity contribution in [2.24, 2.45) is 0 Å². The largest absolute Gasteiger partial charge is 0.327 e. The maximum absolute atomic E-state index is 12.9. The van der Waals surface area contributed by atoms with E-state index in [0.29, 0.717) is 16.3 Å². The van der Waals surface area contributed by atoms with E-state index in [1.807, 2.05) is 31.2 Å². The zero-order valence-corrected chi connectivity index (χ0v) is 14.6. The predicted octanol–water partition coefficient (Wildman–Crippen LogP) is 3.92. The van der Waals surface area contributed by atoms with Gasteiger partial charge < -0.3 is 16.0 Å². The number of anilines is 1. The number of amides is 3. The van der Waals surface area contributed by atoms with Gasteiger partial charge in [0, 0.05) is 16.4 Å². The molecule has 1 aliphatic heterocycles. The van der Waals surface area contributed by atoms with Crippen LogP contribution in [0.3, 0.4) is 0 Å². The normalized spacial score (nSPS) is 16.9. The molecule has 0 aromatic heterocycles. The van der Waals surface area contributed by atoms with Crippen LogP contribution in [0.25, 0.3) is 0 Å². The third kappa shape index (κ3) is 3.67. The Morgan fingerprint density at radius 3 is 2.44 bits per heavy atom. The Kier molecular flexibility index (Phi) is 4.76. The second kappa shape index (κ2) is 6.99. The van der Waals surface area contributed by atoms with Gasteiger partial charge in [0.25, 0.3) is 5.91 Å². The number of urea groups is 1. The van der Waals surface area contributed by atoms with E-state index in [1.54, 1.807) is 31.2 Å². The molecule has 6 heteroatoms. The summed E-state index contributed by atoms with van der Waals surface area (Å²) in [5.74, 6) is -0.265. The Morgan fingerprint density at radius 2 is 1.76 bits per heavy atom. The monoisotopic (exact) mass is 355 g/mol. The van der Waals surface area contributed by atoms with Crippen LogP contribution in [0.4, 0.5) is 10.5 Å². The van der Waals surface area contributed by atoms with Crippen LogP contribution in [0.5, 0.6) is 0 Å². The molecule has 1 aliphatic rings. The quantitative estimate of drug-likeness (QED) is 0.781. The Bertz CT molecular complexity index is 859. The molecule has 0 saturated carbocycles. The summed E-state index contributed by atoms with van der Waals surface area (Å²) in [5.41, 5.74) is 3.47. The Morgan fingerprint density at radius 1 is 1.08 bits per heavy atom. The summed E-state index contributed by atoms with van der Waals surface area (Å²) >= 11 is 5.94. The Labute approximate surface area is 151 Å². The van der Waals surface area contributed by atoms with Gasteiger partial charge in [-0.3, -0.25) is 4.79 Å². The van der Waals surface area contributed by atoms with Crippen molar-refractivity contribution < 1.29 is 9.59 Å². The van der Waals surface area contributed by atoms with Crippen LogP contribution >= 0.6 is 11.6 Å². The van der Waals surface area contributed by atoms with Crippen LogP contribution in [-0.2, 0) is 4.79 Å². The first-order chi connectivity index (χ1) is 12.0. The molecule has 0 spiro atoms. The first-order valence-corrected chi connectivity index (χ1v) is 8.24. The van der Waals surface area contributed by atoms with Gasteiger partial charge in [0.2, 0.25) is 0 Å². The lowest BCUT2D eigenvalue weighted by molar-refractivity contribution is -0.113. The van der Waals surface area contributed by atoms with E-state index < -0.39 is 6.04 Å². The zero-order chi connectivity index (χ0) is 18.0. The van der Waals surface area contributed by atoms with Crippen molar-refractivity contribution in [1.82, 2.24) is 10.6 Å². The van der Waals surface area contributed by atoms with Gasteiger partial charge in [-0.25, -0.2) is 4.79 Å². The molecule has 1 heterocycles. The lowest BCUT2D eigenvalue weighted by atomic mass is 9.95. The van der Waals surface area contributed by atoms with Gasteiger partial charge in [-0.2, -0.15) is 0 Å². The summed E-state index contributed by atoms with van der Waals surface area (Å²) in [6.45, 7) is 3.64. The molecule has 0 bridgehead atoms. The van der Waals surface area contributed by atoms with E-state index in [1.165, 1.54) is 0 Å². The summed E-state index contributed by atoms with van der Waals surface area (Å²) in [6.07, 6.45) is 0. The smallest absolute Gasteiger partial charge is 0.319 e. The number of halogens is 1. The molecule has 25 heavy (non-hydrogen) atoms. The summed E-state index contributed by atoms with van der Waals surface area (Å²) in [5, 5.41) is 8.98. The first kappa shape index (κ1) is 17.0. The SMILES string of the molecule is CC1=C(C(=O)Nc2ccccc2C)[C@@H](c2ccc(Cl)cc2)NC(=O)N1. The number of rotatable bonds is 3. The van der Waals surface area contributed by atoms with Crippen LogP contribution in [0.15, 0.2) is 59.8 Å². The van der Waals surface area contributed by atoms with Gasteiger partial charge in [-0.1, -0.05) is 41.9 Å². The molecule has 0 fully saturated rings. The molecule has 128 valence electrons. The highest BCUT2D eigenvalue weighted by molar-refractivity contribution is 6.30. The molecule has 0 saturated heterocycles. The molecule has 3 N–H and O–H groups in total. The number of hydrogen-bond donors (Lipinski definition) is 3. The number of aryl methyl sites for hydroxylation is 1. The van der Waals surface area contributed by atoms with Crippen LogP contribution in [0.2, 0.25) is 5.02 Å². The minimum Gasteiger partial charge on any atom is -0.327 e. The highest BCUT2D eigenvalue weighted by Crippen LogP contribution is 2.29. The maximum Gasteiger partial charge on any atom is 0.319 e. The van der Waals surface area contributed by atoms with Crippen molar-refractivity contribution >= 4 is 29.2 Å². The van der Waals surface area contributed by atoms with Crippen LogP contribution in [0, 0.1) is 6.92 Å². The van der Waals surface area contributed by atoms with Gasteiger partial charge in [0.05, 0.1) is 11.6 Å². The second-order valence-corrected chi connectivity index (χ2v) is 6.33. The van der Waals surface area contributed by atoms with E-state index >= 15 is 0 Å². The average molecular weight is 356 g/mol. The minimum absolute atomic E-state index is 0.265. The molecule has 0 unspecified atom stereocenters. The fraction of sp³-hybridized carbons (Fsp3) is 0.158. The lowest BCUT2D eigenvalue weighted by Crippen LogP contribution is -2.46. The Hall–Kier alpha value is -2.79. The maximum atomic E-state index is 12.9. The van der Waals surface area contributed by atoms with Crippen LogP contribution < -0.4 is 16.0 Å². The average Bonchev–Trinajstić information content (AvgIpc) is 2.57. The molecule has 1 atom stereocenters. The van der Waals surface area contributed by atoms with Crippen molar-refractivity contribution in [3.63, 3.8) is 0 Å². The summed E-state index contributed by atoms with van der Waals surface area (Å²) < 4.78 is 0. The van der Waals surface area contributed by atoms with Crippen LogP contribution in [-0.4, -0.2) is 11.9 Å². The standard InChI is InChI=1S/C19H18ClN3O2/c1-11-5-3-4-6-15(11)22-18(24)16-12(2)21-19(25)23-17(16)13-7-9-14(20)10-8-13/h3-10,17H,1-2H3,(H,22,24)(H2,21,23,25)/t17-/m1/s1. The van der Waals surface area contributed by atoms with Gasteiger partial charge >= 0.3 is 6.03 Å². The van der Waals surface area contributed by atoms with Gasteiger partial charge in [-0.05, 0) is 43.2 Å². The molecule has 2 aromatic rings. The van der Waals surface area contributed by atoms with Crippen molar-refractivity contribution in [2.75, 3.05) is 5.32 Å². The number of carbonyl (C=O) groups is 2. The molecule has 2 aromatic carbocycles. The number of para-hydroxylation sites is 1.